The first-order chi connectivity index (χ1) is 17.0. The van der Waals surface area contributed by atoms with E-state index < -0.39 is 37.6 Å². The minimum atomic E-state index is -1.21. The van der Waals surface area contributed by atoms with Gasteiger partial charge in [-0.25, -0.2) is 4.98 Å². The second kappa shape index (κ2) is 12.5. The zero-order valence-corrected chi connectivity index (χ0v) is 18.9. The van der Waals surface area contributed by atoms with Gasteiger partial charge in [-0.05, 0) is 37.9 Å². The number of hydrogen-bond donors (Lipinski definition) is 4. The standard InChI is InChI=1S/C14H19N5O.C6H3N3O7/c1-10-12(13(20)19-14(15)18-10)5-3-7-17-9-11-4-2-6-16-8-11;10-6-4(8(13)14)1-3(7(11)12)2-5(6)9(15)16/h2,4,6,8,17H,3,5,7,9H2,1H3,(H3,15,18,19,20);1-2,10H. The predicted octanol–water partition coefficient (Wildman–Crippen LogP) is 1.89. The average molecular weight is 502 g/mol. The topological polar surface area (TPSA) is 246 Å². The molecule has 0 amide bonds. The molecule has 0 aliphatic rings. The van der Waals surface area contributed by atoms with Gasteiger partial charge in [-0.1, -0.05) is 6.07 Å². The zero-order chi connectivity index (χ0) is 26.8. The van der Waals surface area contributed by atoms with Gasteiger partial charge in [0.2, 0.25) is 5.95 Å². The molecule has 3 aromatic rings. The Morgan fingerprint density at radius 1 is 1.11 bits per heavy atom. The van der Waals surface area contributed by atoms with Crippen LogP contribution >= 0.6 is 0 Å². The third-order valence-corrected chi connectivity index (χ3v) is 4.73. The third-order valence-electron chi connectivity index (χ3n) is 4.73. The highest BCUT2D eigenvalue weighted by Gasteiger charge is 2.30. The van der Waals surface area contributed by atoms with Crippen molar-refractivity contribution in [2.75, 3.05) is 12.3 Å². The summed E-state index contributed by atoms with van der Waals surface area (Å²) in [6.45, 7) is 3.42. The number of H-pyrrole nitrogens is 1. The van der Waals surface area contributed by atoms with Crippen LogP contribution in [0.5, 0.6) is 5.75 Å². The molecule has 16 nitrogen and oxygen atoms in total. The normalized spacial score (nSPS) is 10.2. The Hall–Kier alpha value is -4.99. The first kappa shape index (κ1) is 27.3. The summed E-state index contributed by atoms with van der Waals surface area (Å²) in [5.41, 5.74) is 4.91. The minimum absolute atomic E-state index is 0.137. The summed E-state index contributed by atoms with van der Waals surface area (Å²) in [5, 5.41) is 43.5. The number of phenolic OH excluding ortho intramolecular Hbond substituents is 1. The van der Waals surface area contributed by atoms with E-state index in [9.17, 15) is 35.1 Å². The number of rotatable bonds is 9. The highest BCUT2D eigenvalue weighted by atomic mass is 16.6. The van der Waals surface area contributed by atoms with Crippen molar-refractivity contribution < 1.29 is 19.9 Å². The molecular weight excluding hydrogens is 480 g/mol. The van der Waals surface area contributed by atoms with Gasteiger partial charge >= 0.3 is 11.4 Å². The van der Waals surface area contributed by atoms with Gasteiger partial charge in [0.25, 0.3) is 17.0 Å². The minimum Gasteiger partial charge on any atom is -0.497 e. The average Bonchev–Trinajstić information content (AvgIpc) is 2.81. The van der Waals surface area contributed by atoms with Crippen molar-refractivity contribution in [2.24, 2.45) is 0 Å². The van der Waals surface area contributed by atoms with Crippen molar-refractivity contribution >= 4 is 23.0 Å². The number of phenols is 1. The number of benzene rings is 1. The number of aromatic nitrogens is 3. The molecule has 0 spiro atoms. The molecule has 0 bridgehead atoms. The molecule has 5 N–H and O–H groups in total. The van der Waals surface area contributed by atoms with Crippen molar-refractivity contribution in [1.82, 2.24) is 20.3 Å². The van der Waals surface area contributed by atoms with Crippen LogP contribution in [0.3, 0.4) is 0 Å². The number of nitrogens with two attached hydrogens (primary N) is 1. The number of nitrogens with zero attached hydrogens (tertiary/aromatic N) is 5. The number of nitro benzene ring substituents is 3. The van der Waals surface area contributed by atoms with Crippen molar-refractivity contribution in [2.45, 2.75) is 26.3 Å². The van der Waals surface area contributed by atoms with E-state index in [-0.39, 0.29) is 11.5 Å². The van der Waals surface area contributed by atoms with Gasteiger partial charge in [0, 0.05) is 30.2 Å². The molecule has 0 radical (unpaired) electrons. The monoisotopic (exact) mass is 502 g/mol. The molecule has 2 heterocycles. The number of aromatic amines is 1. The Bertz CT molecular complexity index is 1280. The fourth-order valence-electron chi connectivity index (χ4n) is 3.03. The van der Waals surface area contributed by atoms with Gasteiger partial charge in [0.1, 0.15) is 0 Å². The first-order valence-corrected chi connectivity index (χ1v) is 10.3. The lowest BCUT2D eigenvalue weighted by molar-refractivity contribution is -0.404. The number of anilines is 1. The van der Waals surface area contributed by atoms with E-state index in [1.165, 1.54) is 0 Å². The van der Waals surface area contributed by atoms with Crippen molar-refractivity contribution in [3.8, 4) is 5.75 Å². The number of nitrogen functional groups attached to an aromatic ring is 1. The number of nitrogens with one attached hydrogen (secondary N) is 2. The fourth-order valence-corrected chi connectivity index (χ4v) is 3.03. The van der Waals surface area contributed by atoms with Crippen molar-refractivity contribution in [3.05, 3.63) is 94.2 Å². The van der Waals surface area contributed by atoms with Gasteiger partial charge in [-0.3, -0.25) is 45.1 Å². The fraction of sp³-hybridized carbons (Fsp3) is 0.250. The van der Waals surface area contributed by atoms with Crippen LogP contribution in [-0.4, -0.2) is 41.4 Å². The van der Waals surface area contributed by atoms with E-state index in [4.69, 9.17) is 10.8 Å². The molecule has 0 atom stereocenters. The molecule has 1 aromatic carbocycles. The second-order valence-electron chi connectivity index (χ2n) is 7.26. The smallest absolute Gasteiger partial charge is 0.324 e. The number of pyridine rings is 1. The van der Waals surface area contributed by atoms with E-state index in [0.717, 1.165) is 25.1 Å². The van der Waals surface area contributed by atoms with Crippen LogP contribution in [0.4, 0.5) is 23.0 Å². The maximum Gasteiger partial charge on any atom is 0.324 e. The molecule has 0 saturated carbocycles. The molecule has 0 aliphatic heterocycles. The quantitative estimate of drug-likeness (QED) is 0.186. The summed E-state index contributed by atoms with van der Waals surface area (Å²) in [5.74, 6) is -1.04. The molecule has 0 unspecified atom stereocenters. The molecule has 0 saturated heterocycles. The van der Waals surface area contributed by atoms with Gasteiger partial charge in [0.15, 0.2) is 0 Å². The molecule has 36 heavy (non-hydrogen) atoms. The van der Waals surface area contributed by atoms with Gasteiger partial charge in [-0.2, -0.15) is 0 Å². The number of aromatic hydroxyl groups is 1. The van der Waals surface area contributed by atoms with Crippen LogP contribution < -0.4 is 16.6 Å². The van der Waals surface area contributed by atoms with E-state index in [0.29, 0.717) is 29.8 Å². The SMILES string of the molecule is Cc1nc(N)[nH]c(=O)c1CCCNCc1cccnc1.O=[N+]([O-])c1cc([N+](=O)[O-])c(O)c([N+](=O)[O-])c1. The largest absolute Gasteiger partial charge is 0.497 e. The summed E-state index contributed by atoms with van der Waals surface area (Å²) < 4.78 is 0. The maximum absolute atomic E-state index is 11.7. The number of hydrogen-bond acceptors (Lipinski definition) is 12. The van der Waals surface area contributed by atoms with Crippen LogP contribution in [0, 0.1) is 37.3 Å². The molecule has 3 rings (SSSR count). The number of nitro groups is 3. The van der Waals surface area contributed by atoms with E-state index >= 15 is 0 Å². The summed E-state index contributed by atoms with van der Waals surface area (Å²) in [7, 11) is 0. The second-order valence-corrected chi connectivity index (χ2v) is 7.26. The predicted molar refractivity (Wildman–Crippen MR) is 126 cm³/mol. The number of non-ortho nitro benzene ring substituents is 1. The number of aryl methyl sites for hydroxylation is 1. The van der Waals surface area contributed by atoms with E-state index in [2.05, 4.69) is 20.3 Å². The van der Waals surface area contributed by atoms with Crippen LogP contribution in [0.1, 0.15) is 23.2 Å². The Kier molecular flexibility index (Phi) is 9.44. The van der Waals surface area contributed by atoms with Crippen LogP contribution in [-0.2, 0) is 13.0 Å². The highest BCUT2D eigenvalue weighted by molar-refractivity contribution is 5.64. The molecule has 2 aromatic heterocycles. The summed E-state index contributed by atoms with van der Waals surface area (Å²) in [4.78, 5) is 50.2. The van der Waals surface area contributed by atoms with Gasteiger partial charge < -0.3 is 16.2 Å². The van der Waals surface area contributed by atoms with E-state index in [1.807, 2.05) is 25.3 Å². The Balaban J connectivity index is 0.000000261. The summed E-state index contributed by atoms with van der Waals surface area (Å²) in [6.07, 6.45) is 5.16. The molecule has 0 fully saturated rings. The maximum atomic E-state index is 11.7. The van der Waals surface area contributed by atoms with Gasteiger partial charge in [-0.15, -0.1) is 0 Å². The van der Waals surface area contributed by atoms with Crippen molar-refractivity contribution in [1.29, 1.82) is 0 Å². The van der Waals surface area contributed by atoms with Crippen LogP contribution in [0.2, 0.25) is 0 Å². The van der Waals surface area contributed by atoms with Crippen LogP contribution in [0.25, 0.3) is 0 Å². The van der Waals surface area contributed by atoms with Crippen LogP contribution in [0.15, 0.2) is 41.5 Å². The summed E-state index contributed by atoms with van der Waals surface area (Å²) in [6, 6.07) is 4.84. The molecule has 16 heteroatoms. The lowest BCUT2D eigenvalue weighted by Gasteiger charge is -2.06. The Morgan fingerprint density at radius 2 is 1.75 bits per heavy atom. The van der Waals surface area contributed by atoms with E-state index in [1.54, 1.807) is 6.20 Å². The molecule has 190 valence electrons. The van der Waals surface area contributed by atoms with Gasteiger partial charge in [0.05, 0.1) is 26.9 Å². The Morgan fingerprint density at radius 3 is 2.25 bits per heavy atom. The first-order valence-electron chi connectivity index (χ1n) is 10.3. The summed E-state index contributed by atoms with van der Waals surface area (Å²) >= 11 is 0. The highest BCUT2D eigenvalue weighted by Crippen LogP contribution is 2.38. The van der Waals surface area contributed by atoms with Crippen molar-refractivity contribution in [3.63, 3.8) is 0 Å². The Labute approximate surface area is 202 Å². The molecule has 0 aliphatic carbocycles. The molecular formula is C20H22N8O8. The third kappa shape index (κ3) is 7.52. The lowest BCUT2D eigenvalue weighted by atomic mass is 10.1. The zero-order valence-electron chi connectivity index (χ0n) is 18.9. The lowest BCUT2D eigenvalue weighted by Crippen LogP contribution is -2.21.